The zero-order valence-corrected chi connectivity index (χ0v) is 38.1. The Morgan fingerprint density at radius 1 is 0.717 bits per heavy atom. The minimum Gasteiger partial charge on any atom is -0.461 e. The molecule has 2 aromatic rings. The van der Waals surface area contributed by atoms with Gasteiger partial charge in [-0.3, -0.25) is 28.2 Å². The zero-order valence-electron chi connectivity index (χ0n) is 24.2. The molecule has 0 aliphatic heterocycles. The summed E-state index contributed by atoms with van der Waals surface area (Å²) in [5.74, 6) is -3.33. The van der Waals surface area contributed by atoms with Gasteiger partial charge in [-0.05, 0) is 160 Å². The van der Waals surface area contributed by atoms with E-state index in [1.807, 2.05) is 112 Å². The Labute approximate surface area is 347 Å². The molecular weight excluding hydrogens is 1310 g/mol. The molecule has 0 fully saturated rings. The first-order chi connectivity index (χ1) is 21.2. The van der Waals surface area contributed by atoms with Crippen LogP contribution in [0, 0.1) is 21.4 Å². The predicted molar refractivity (Wildman–Crippen MR) is 215 cm³/mol. The molecule has 0 aliphatic rings. The second-order valence-electron chi connectivity index (χ2n) is 10.1. The number of phosphoric ester groups is 1. The summed E-state index contributed by atoms with van der Waals surface area (Å²) < 4.78 is 48.3. The van der Waals surface area contributed by atoms with Crippen molar-refractivity contribution in [1.82, 2.24) is 0 Å². The van der Waals surface area contributed by atoms with Gasteiger partial charge in [0.25, 0.3) is 0 Å². The number of quaternary nitrogens is 1. The van der Waals surface area contributed by atoms with Crippen LogP contribution in [0.2, 0.25) is 0 Å². The van der Waals surface area contributed by atoms with Crippen molar-refractivity contribution in [2.45, 2.75) is 18.9 Å². The van der Waals surface area contributed by atoms with Gasteiger partial charge in [-0.15, -0.1) is 0 Å². The zero-order chi connectivity index (χ0) is 34.8. The number of nitrogens with zero attached hydrogens (tertiary/aromatic N) is 1. The minimum atomic E-state index is -4.60. The van der Waals surface area contributed by atoms with Crippen molar-refractivity contribution in [1.29, 1.82) is 0 Å². The third-order valence-electron chi connectivity index (χ3n) is 5.10. The van der Waals surface area contributed by atoms with Gasteiger partial charge in [-0.1, -0.05) is 0 Å². The molecular formula is C26H27I6NO12P+. The van der Waals surface area contributed by atoms with E-state index in [1.165, 1.54) is 0 Å². The number of rotatable bonds is 16. The molecule has 2 atom stereocenters. The second kappa shape index (κ2) is 20.0. The lowest BCUT2D eigenvalue weighted by Gasteiger charge is -2.24. The van der Waals surface area contributed by atoms with Crippen molar-refractivity contribution >= 4 is 167 Å². The van der Waals surface area contributed by atoms with E-state index in [1.54, 1.807) is 24.3 Å². The monoisotopic (exact) mass is 1340 g/mol. The standard InChI is InChI=1S/C26H26I6NO12P/c1-33(2,3)4-5-41-46(38,39)42-13-16(43-22(35)11-24(37)45-26-19(31)8-15(28)9-20(26)32)12-40-21(34)10-23(36)44-25-17(29)6-14(27)7-18(25)30/h6-9,16H,4-5,10-13H2,1-3H3/p+1/t16-/m1/s1. The Balaban J connectivity index is 2.04. The minimum absolute atomic E-state index is 0.112. The van der Waals surface area contributed by atoms with Crippen LogP contribution in [-0.2, 0) is 42.3 Å². The normalized spacial score (nSPS) is 13.3. The average Bonchev–Trinajstić information content (AvgIpc) is 2.89. The lowest BCUT2D eigenvalue weighted by Crippen LogP contribution is -2.37. The highest BCUT2D eigenvalue weighted by Crippen LogP contribution is 2.43. The summed E-state index contributed by atoms with van der Waals surface area (Å²) in [6.07, 6.45) is -3.04. The summed E-state index contributed by atoms with van der Waals surface area (Å²) in [6.45, 7) is -1.12. The number of benzene rings is 2. The molecule has 0 radical (unpaired) electrons. The molecule has 2 rings (SSSR count). The highest BCUT2D eigenvalue weighted by molar-refractivity contribution is 14.1. The van der Waals surface area contributed by atoms with Crippen LogP contribution in [0.3, 0.4) is 0 Å². The first-order valence-corrected chi connectivity index (χ1v) is 20.7. The number of halogens is 6. The molecule has 0 aliphatic carbocycles. The SMILES string of the molecule is C[N+](C)(C)CCOP(=O)(O)OC[C@@H](COC(=O)CC(=O)Oc1c(I)cc(I)cc1I)OC(=O)CC(=O)Oc1c(I)cc(I)cc1I. The van der Waals surface area contributed by atoms with Crippen LogP contribution in [0.15, 0.2) is 24.3 Å². The van der Waals surface area contributed by atoms with Crippen molar-refractivity contribution in [2.24, 2.45) is 0 Å². The van der Waals surface area contributed by atoms with Gasteiger partial charge in [0.2, 0.25) is 0 Å². The quantitative estimate of drug-likeness (QED) is 0.0531. The maximum absolute atomic E-state index is 12.6. The first kappa shape index (κ1) is 42.9. The highest BCUT2D eigenvalue weighted by Gasteiger charge is 2.28. The molecule has 1 unspecified atom stereocenters. The number of hydrogen-bond acceptors (Lipinski definition) is 11. The summed E-state index contributed by atoms with van der Waals surface area (Å²) in [5, 5.41) is 0. The number of carbonyl (C=O) groups excluding carboxylic acids is 4. The maximum Gasteiger partial charge on any atom is 0.472 e. The molecule has 0 amide bonds. The smallest absolute Gasteiger partial charge is 0.461 e. The van der Waals surface area contributed by atoms with E-state index < -0.39 is 63.9 Å². The average molecular weight is 1340 g/mol. The Bertz CT molecular complexity index is 1460. The second-order valence-corrected chi connectivity index (χ2v) is 18.7. The van der Waals surface area contributed by atoms with Crippen LogP contribution in [-0.4, -0.2) is 86.9 Å². The molecule has 2 aromatic carbocycles. The maximum atomic E-state index is 12.6. The van der Waals surface area contributed by atoms with Crippen LogP contribution >= 0.6 is 143 Å². The van der Waals surface area contributed by atoms with Crippen LogP contribution in [0.25, 0.3) is 0 Å². The fourth-order valence-electron chi connectivity index (χ4n) is 3.01. The lowest BCUT2D eigenvalue weighted by molar-refractivity contribution is -0.870. The number of ether oxygens (including phenoxy) is 4. The Morgan fingerprint density at radius 2 is 1.15 bits per heavy atom. The number of esters is 4. The molecule has 0 saturated heterocycles. The van der Waals surface area contributed by atoms with E-state index >= 15 is 0 Å². The van der Waals surface area contributed by atoms with Crippen molar-refractivity contribution in [3.8, 4) is 11.5 Å². The topological polar surface area (TPSA) is 161 Å². The molecule has 46 heavy (non-hydrogen) atoms. The Hall–Kier alpha value is 0.770. The van der Waals surface area contributed by atoms with E-state index in [9.17, 15) is 28.6 Å². The Morgan fingerprint density at radius 3 is 1.59 bits per heavy atom. The van der Waals surface area contributed by atoms with Crippen LogP contribution in [0.5, 0.6) is 11.5 Å². The van der Waals surface area contributed by atoms with Gasteiger partial charge in [-0.25, -0.2) is 4.57 Å². The number of carbonyl (C=O) groups is 4. The van der Waals surface area contributed by atoms with Gasteiger partial charge in [0, 0.05) is 7.14 Å². The first-order valence-electron chi connectivity index (χ1n) is 12.7. The number of hydrogen-bond donors (Lipinski definition) is 1. The molecule has 0 spiro atoms. The Kier molecular flexibility index (Phi) is 18.6. The van der Waals surface area contributed by atoms with Gasteiger partial charge >= 0.3 is 31.7 Å². The summed E-state index contributed by atoms with van der Waals surface area (Å²) >= 11 is 12.3. The van der Waals surface area contributed by atoms with E-state index in [0.717, 1.165) is 7.14 Å². The third-order valence-corrected chi connectivity index (χ3v) is 10.5. The van der Waals surface area contributed by atoms with Crippen LogP contribution in [0.1, 0.15) is 12.8 Å². The van der Waals surface area contributed by atoms with Gasteiger partial charge in [0.05, 0.1) is 42.0 Å². The number of likely N-dealkylation sites (N-methyl/N-ethyl adjacent to an activating group) is 1. The van der Waals surface area contributed by atoms with Gasteiger partial charge in [0.15, 0.2) is 17.6 Å². The van der Waals surface area contributed by atoms with E-state index in [0.29, 0.717) is 31.1 Å². The van der Waals surface area contributed by atoms with Crippen molar-refractivity contribution < 1.29 is 61.1 Å². The molecule has 0 heterocycles. The van der Waals surface area contributed by atoms with Gasteiger partial charge < -0.3 is 28.3 Å². The molecule has 0 saturated carbocycles. The summed E-state index contributed by atoms with van der Waals surface area (Å²) in [5.41, 5.74) is 0. The molecule has 0 aromatic heterocycles. The van der Waals surface area contributed by atoms with Crippen LogP contribution < -0.4 is 9.47 Å². The van der Waals surface area contributed by atoms with Crippen molar-refractivity contribution in [3.63, 3.8) is 0 Å². The summed E-state index contributed by atoms with van der Waals surface area (Å²) in [7, 11) is 0.984. The van der Waals surface area contributed by atoms with Gasteiger partial charge in [0.1, 0.15) is 32.6 Å². The molecule has 0 bridgehead atoms. The fourth-order valence-corrected chi connectivity index (χ4v) is 11.4. The summed E-state index contributed by atoms with van der Waals surface area (Å²) in [6, 6.07) is 7.18. The fraction of sp³-hybridized carbons (Fsp3) is 0.385. The third kappa shape index (κ3) is 16.7. The number of phosphoric acid groups is 1. The van der Waals surface area contributed by atoms with E-state index in [2.05, 4.69) is 45.2 Å². The van der Waals surface area contributed by atoms with Gasteiger partial charge in [-0.2, -0.15) is 0 Å². The van der Waals surface area contributed by atoms with Crippen molar-refractivity contribution in [3.05, 3.63) is 45.7 Å². The largest absolute Gasteiger partial charge is 0.472 e. The van der Waals surface area contributed by atoms with E-state index in [-0.39, 0.29) is 12.4 Å². The van der Waals surface area contributed by atoms with E-state index in [4.69, 9.17) is 28.0 Å². The van der Waals surface area contributed by atoms with Crippen LogP contribution in [0.4, 0.5) is 0 Å². The predicted octanol–water partition coefficient (Wildman–Crippen LogP) is 5.90. The molecule has 254 valence electrons. The molecule has 1 N–H and O–H groups in total. The lowest BCUT2D eigenvalue weighted by atomic mass is 10.3. The molecule has 20 heteroatoms. The van der Waals surface area contributed by atoms with Crippen molar-refractivity contribution in [2.75, 3.05) is 47.5 Å². The molecule has 13 nitrogen and oxygen atoms in total. The summed E-state index contributed by atoms with van der Waals surface area (Å²) in [4.78, 5) is 60.1. The highest BCUT2D eigenvalue weighted by atomic mass is 127.